The SMILES string of the molecule is CC(C)NC(=O)N(C)C[C@H]1Oc2ccc(NC(=O)c3ccncc3)cc2CC(=O)N([C@@H](C)CO)C[C@@H]1C. The molecule has 37 heavy (non-hydrogen) atoms. The maximum absolute atomic E-state index is 13.3. The average Bonchev–Trinajstić information content (AvgIpc) is 2.91. The highest BCUT2D eigenvalue weighted by molar-refractivity contribution is 6.04. The number of carbonyl (C=O) groups is 3. The van der Waals surface area contributed by atoms with Gasteiger partial charge in [0.1, 0.15) is 11.9 Å². The number of aliphatic hydroxyl groups excluding tert-OH is 1. The van der Waals surface area contributed by atoms with Crippen molar-refractivity contribution in [1.82, 2.24) is 20.1 Å². The second-order valence-corrected chi connectivity index (χ2v) is 9.89. The molecule has 3 N–H and O–H groups in total. The van der Waals surface area contributed by atoms with Gasteiger partial charge in [-0.1, -0.05) is 6.92 Å². The number of pyridine rings is 1. The summed E-state index contributed by atoms with van der Waals surface area (Å²) in [5, 5.41) is 15.5. The van der Waals surface area contributed by atoms with Gasteiger partial charge in [0.2, 0.25) is 5.91 Å². The number of likely N-dealkylation sites (N-methyl/N-ethyl adjacent to an activating group) is 1. The van der Waals surface area contributed by atoms with Crippen LogP contribution in [0.5, 0.6) is 5.75 Å². The smallest absolute Gasteiger partial charge is 0.317 e. The number of hydrogen-bond acceptors (Lipinski definition) is 6. The molecule has 0 fully saturated rings. The Balaban J connectivity index is 1.91. The van der Waals surface area contributed by atoms with Crippen molar-refractivity contribution >= 4 is 23.5 Å². The van der Waals surface area contributed by atoms with Gasteiger partial charge in [-0.2, -0.15) is 0 Å². The van der Waals surface area contributed by atoms with Crippen molar-refractivity contribution in [3.05, 3.63) is 53.9 Å². The van der Waals surface area contributed by atoms with Gasteiger partial charge in [0.05, 0.1) is 25.6 Å². The van der Waals surface area contributed by atoms with Crippen LogP contribution in [0.2, 0.25) is 0 Å². The molecular formula is C27H37N5O5. The third-order valence-electron chi connectivity index (χ3n) is 6.33. The molecule has 0 saturated heterocycles. The van der Waals surface area contributed by atoms with E-state index in [1.807, 2.05) is 20.8 Å². The zero-order valence-electron chi connectivity index (χ0n) is 22.1. The van der Waals surface area contributed by atoms with Crippen LogP contribution in [-0.4, -0.2) is 82.7 Å². The molecule has 10 heteroatoms. The lowest BCUT2D eigenvalue weighted by atomic mass is 10.0. The molecule has 2 heterocycles. The maximum atomic E-state index is 13.3. The van der Waals surface area contributed by atoms with Crippen molar-refractivity contribution in [3.63, 3.8) is 0 Å². The number of rotatable bonds is 7. The van der Waals surface area contributed by atoms with Crippen LogP contribution in [0.25, 0.3) is 0 Å². The molecule has 1 aliphatic rings. The second-order valence-electron chi connectivity index (χ2n) is 9.89. The minimum Gasteiger partial charge on any atom is -0.488 e. The normalized spacial score (nSPS) is 18.6. The third kappa shape index (κ3) is 7.42. The van der Waals surface area contributed by atoms with E-state index < -0.39 is 6.10 Å². The standard InChI is InChI=1S/C27H37N5O5/c1-17(2)29-27(36)31(5)15-24-18(3)14-32(19(4)16-33)25(34)13-21-12-22(6-7-23(21)37-24)30-26(35)20-8-10-28-11-9-20/h6-12,17-19,24,33H,13-16H2,1-5H3,(H,29,36)(H,30,35)/t18-,19-,24+/m0/s1. The van der Waals surface area contributed by atoms with Crippen molar-refractivity contribution in [1.29, 1.82) is 0 Å². The molecule has 0 unspecified atom stereocenters. The van der Waals surface area contributed by atoms with E-state index in [2.05, 4.69) is 15.6 Å². The Bertz CT molecular complexity index is 1090. The van der Waals surface area contributed by atoms with Crippen LogP contribution in [0.4, 0.5) is 10.5 Å². The van der Waals surface area contributed by atoms with Crippen molar-refractivity contribution in [2.45, 2.75) is 52.3 Å². The van der Waals surface area contributed by atoms with Gasteiger partial charge in [-0.3, -0.25) is 14.6 Å². The van der Waals surface area contributed by atoms with E-state index in [-0.39, 0.29) is 48.9 Å². The van der Waals surface area contributed by atoms with E-state index in [0.717, 1.165) is 0 Å². The maximum Gasteiger partial charge on any atom is 0.317 e. The minimum atomic E-state index is -0.418. The van der Waals surface area contributed by atoms with Crippen LogP contribution in [0.1, 0.15) is 43.6 Å². The van der Waals surface area contributed by atoms with Crippen LogP contribution in [0.15, 0.2) is 42.7 Å². The third-order valence-corrected chi connectivity index (χ3v) is 6.33. The molecule has 3 rings (SSSR count). The Morgan fingerprint density at radius 1 is 1.22 bits per heavy atom. The quantitative estimate of drug-likeness (QED) is 0.525. The molecular weight excluding hydrogens is 474 g/mol. The van der Waals surface area contributed by atoms with Gasteiger partial charge in [-0.05, 0) is 51.1 Å². The van der Waals surface area contributed by atoms with Crippen molar-refractivity contribution < 1.29 is 24.2 Å². The van der Waals surface area contributed by atoms with Gasteiger partial charge < -0.3 is 30.3 Å². The predicted octanol–water partition coefficient (Wildman–Crippen LogP) is 2.53. The number of fused-ring (bicyclic) bond motifs is 1. The molecule has 0 radical (unpaired) electrons. The van der Waals surface area contributed by atoms with Gasteiger partial charge >= 0.3 is 6.03 Å². The molecule has 1 aromatic heterocycles. The Kier molecular flexibility index (Phi) is 9.46. The molecule has 2 aromatic rings. The van der Waals surface area contributed by atoms with E-state index in [9.17, 15) is 19.5 Å². The zero-order valence-corrected chi connectivity index (χ0v) is 22.1. The monoisotopic (exact) mass is 511 g/mol. The van der Waals surface area contributed by atoms with E-state index in [1.54, 1.807) is 66.5 Å². The number of urea groups is 1. The fraction of sp³-hybridized carbons (Fsp3) is 0.481. The molecule has 4 amide bonds. The molecule has 3 atom stereocenters. The number of ether oxygens (including phenoxy) is 1. The summed E-state index contributed by atoms with van der Waals surface area (Å²) in [5.74, 6) is -0.0626. The first-order valence-corrected chi connectivity index (χ1v) is 12.5. The largest absolute Gasteiger partial charge is 0.488 e. The number of aliphatic hydroxyl groups is 1. The molecule has 10 nitrogen and oxygen atoms in total. The Morgan fingerprint density at radius 3 is 2.57 bits per heavy atom. The van der Waals surface area contributed by atoms with Crippen LogP contribution in [0.3, 0.4) is 0 Å². The number of carbonyl (C=O) groups excluding carboxylic acids is 3. The molecule has 0 bridgehead atoms. The summed E-state index contributed by atoms with van der Waals surface area (Å²) in [6.07, 6.45) is 2.71. The Hall–Kier alpha value is -3.66. The second kappa shape index (κ2) is 12.5. The van der Waals surface area contributed by atoms with Crippen LogP contribution in [0, 0.1) is 5.92 Å². The van der Waals surface area contributed by atoms with E-state index >= 15 is 0 Å². The van der Waals surface area contributed by atoms with Gasteiger partial charge in [0.25, 0.3) is 5.91 Å². The van der Waals surface area contributed by atoms with Crippen molar-refractivity contribution in [2.75, 3.05) is 32.1 Å². The number of nitrogens with zero attached hydrogens (tertiary/aromatic N) is 3. The zero-order chi connectivity index (χ0) is 27.1. The summed E-state index contributed by atoms with van der Waals surface area (Å²) in [6, 6.07) is 7.84. The highest BCUT2D eigenvalue weighted by atomic mass is 16.5. The minimum absolute atomic E-state index is 0.00570. The van der Waals surface area contributed by atoms with Crippen molar-refractivity contribution in [3.8, 4) is 5.75 Å². The highest BCUT2D eigenvalue weighted by Crippen LogP contribution is 2.29. The number of hydrogen-bond donors (Lipinski definition) is 3. The fourth-order valence-corrected chi connectivity index (χ4v) is 4.14. The summed E-state index contributed by atoms with van der Waals surface area (Å²) in [6.45, 7) is 8.05. The lowest BCUT2D eigenvalue weighted by Gasteiger charge is -2.34. The van der Waals surface area contributed by atoms with E-state index in [4.69, 9.17) is 4.74 Å². The summed E-state index contributed by atoms with van der Waals surface area (Å²) < 4.78 is 6.43. The molecule has 200 valence electrons. The van der Waals surface area contributed by atoms with Gasteiger partial charge in [0, 0.05) is 54.8 Å². The molecule has 0 spiro atoms. The first kappa shape index (κ1) is 27.9. The summed E-state index contributed by atoms with van der Waals surface area (Å²) in [4.78, 5) is 45.7. The van der Waals surface area contributed by atoms with Crippen molar-refractivity contribution in [2.24, 2.45) is 5.92 Å². The van der Waals surface area contributed by atoms with Gasteiger partial charge in [0.15, 0.2) is 0 Å². The number of amides is 4. The summed E-state index contributed by atoms with van der Waals surface area (Å²) in [5.41, 5.74) is 1.60. The molecule has 0 aliphatic carbocycles. The van der Waals surface area contributed by atoms with Gasteiger partial charge in [-0.15, -0.1) is 0 Å². The number of nitrogens with one attached hydrogen (secondary N) is 2. The fourth-order valence-electron chi connectivity index (χ4n) is 4.14. The van der Waals surface area contributed by atoms with Gasteiger partial charge in [-0.25, -0.2) is 4.79 Å². The highest BCUT2D eigenvalue weighted by Gasteiger charge is 2.32. The summed E-state index contributed by atoms with van der Waals surface area (Å²) >= 11 is 0. The molecule has 1 aromatic carbocycles. The molecule has 1 aliphatic heterocycles. The van der Waals surface area contributed by atoms with E-state index in [1.165, 1.54) is 0 Å². The first-order chi connectivity index (χ1) is 17.6. The van der Waals surface area contributed by atoms with Crippen LogP contribution in [-0.2, 0) is 11.2 Å². The number of anilines is 1. The predicted molar refractivity (Wildman–Crippen MR) is 140 cm³/mol. The molecule has 0 saturated carbocycles. The number of benzene rings is 1. The number of aromatic nitrogens is 1. The lowest BCUT2D eigenvalue weighted by Crippen LogP contribution is -2.49. The average molecular weight is 512 g/mol. The Labute approximate surface area is 218 Å². The Morgan fingerprint density at radius 2 is 1.92 bits per heavy atom. The lowest BCUT2D eigenvalue weighted by molar-refractivity contribution is -0.134. The topological polar surface area (TPSA) is 124 Å². The van der Waals surface area contributed by atoms with E-state index in [0.29, 0.717) is 35.7 Å². The van der Waals surface area contributed by atoms with Crippen LogP contribution < -0.4 is 15.4 Å². The van der Waals surface area contributed by atoms with Crippen LogP contribution >= 0.6 is 0 Å². The first-order valence-electron chi connectivity index (χ1n) is 12.5. The summed E-state index contributed by atoms with van der Waals surface area (Å²) in [7, 11) is 1.71.